The third kappa shape index (κ3) is 6.11. The smallest absolute Gasteiger partial charge is 0.332 e. The normalized spacial score (nSPS) is 13.8. The number of aliphatic carboxylic acids is 1. The molecule has 2 atom stereocenters. The lowest BCUT2D eigenvalue weighted by molar-refractivity contribution is -0.146. The van der Waals surface area contributed by atoms with E-state index in [1.54, 1.807) is 23.7 Å². The zero-order chi connectivity index (χ0) is 14.1. The third-order valence-corrected chi connectivity index (χ3v) is 3.40. The maximum Gasteiger partial charge on any atom is 0.332 e. The van der Waals surface area contributed by atoms with Crippen LogP contribution in [0.4, 0.5) is 4.79 Å². The fourth-order valence-corrected chi connectivity index (χ4v) is 2.27. The SMILES string of the molecule is CCC(CSC)N(C)C(=O)NCC[C@H](O)C(=O)O. The standard InChI is InChI=1S/C11H22N2O4S/c1-4-8(7-18-3)13(2)11(17)12-6-5-9(14)10(15)16/h8-9,14H,4-7H2,1-3H3,(H,12,17)(H,15,16)/t8?,9-/m0/s1. The fourth-order valence-electron chi connectivity index (χ4n) is 1.43. The topological polar surface area (TPSA) is 89.9 Å². The summed E-state index contributed by atoms with van der Waals surface area (Å²) in [6, 6.07) is -0.0853. The summed E-state index contributed by atoms with van der Waals surface area (Å²) in [6.45, 7) is 2.16. The van der Waals surface area contributed by atoms with Crippen molar-refractivity contribution in [3.63, 3.8) is 0 Å². The van der Waals surface area contributed by atoms with E-state index < -0.39 is 12.1 Å². The molecule has 1 unspecified atom stereocenters. The Balaban J connectivity index is 4.04. The van der Waals surface area contributed by atoms with Crippen molar-refractivity contribution in [3.8, 4) is 0 Å². The van der Waals surface area contributed by atoms with Crippen LogP contribution in [-0.4, -0.2) is 64.9 Å². The molecule has 0 aliphatic heterocycles. The Hall–Kier alpha value is -0.950. The minimum Gasteiger partial charge on any atom is -0.479 e. The zero-order valence-corrected chi connectivity index (χ0v) is 11.9. The van der Waals surface area contributed by atoms with Crippen LogP contribution in [0.1, 0.15) is 19.8 Å². The number of aliphatic hydroxyl groups excluding tert-OH is 1. The van der Waals surface area contributed by atoms with Gasteiger partial charge in [-0.25, -0.2) is 9.59 Å². The van der Waals surface area contributed by atoms with Crippen LogP contribution in [0.15, 0.2) is 0 Å². The van der Waals surface area contributed by atoms with Crippen LogP contribution >= 0.6 is 11.8 Å². The molecule has 7 heteroatoms. The van der Waals surface area contributed by atoms with Crippen molar-refractivity contribution in [1.29, 1.82) is 0 Å². The minimum absolute atomic E-state index is 0.00817. The molecule has 0 aromatic carbocycles. The van der Waals surface area contributed by atoms with Crippen LogP contribution in [0.3, 0.4) is 0 Å². The predicted octanol–water partition coefficient (Wildman–Crippen LogP) is 0.605. The van der Waals surface area contributed by atoms with E-state index in [1.165, 1.54) is 0 Å². The number of urea groups is 1. The van der Waals surface area contributed by atoms with E-state index in [2.05, 4.69) is 5.32 Å². The van der Waals surface area contributed by atoms with Crippen molar-refractivity contribution in [3.05, 3.63) is 0 Å². The highest BCUT2D eigenvalue weighted by atomic mass is 32.2. The zero-order valence-electron chi connectivity index (χ0n) is 11.0. The van der Waals surface area contributed by atoms with Gasteiger partial charge in [-0.2, -0.15) is 11.8 Å². The molecule has 0 aromatic heterocycles. The quantitative estimate of drug-likeness (QED) is 0.605. The number of carbonyl (C=O) groups is 2. The first-order chi connectivity index (χ1) is 8.43. The Labute approximate surface area is 112 Å². The molecule has 2 amide bonds. The molecule has 0 heterocycles. The second kappa shape index (κ2) is 9.04. The summed E-state index contributed by atoms with van der Waals surface area (Å²) in [7, 11) is 1.72. The van der Waals surface area contributed by atoms with Gasteiger partial charge in [0, 0.05) is 31.8 Å². The number of rotatable bonds is 8. The van der Waals surface area contributed by atoms with Gasteiger partial charge in [-0.15, -0.1) is 0 Å². The summed E-state index contributed by atoms with van der Waals surface area (Å²) in [5.74, 6) is -0.413. The molecule has 106 valence electrons. The van der Waals surface area contributed by atoms with Crippen molar-refractivity contribution in [1.82, 2.24) is 10.2 Å². The fraction of sp³-hybridized carbons (Fsp3) is 0.818. The number of aliphatic hydroxyl groups is 1. The van der Waals surface area contributed by atoms with Gasteiger partial charge >= 0.3 is 12.0 Å². The van der Waals surface area contributed by atoms with Crippen LogP contribution in [0.2, 0.25) is 0 Å². The molecule has 0 saturated carbocycles. The second-order valence-electron chi connectivity index (χ2n) is 4.00. The number of nitrogens with zero attached hydrogens (tertiary/aromatic N) is 1. The van der Waals surface area contributed by atoms with Gasteiger partial charge in [-0.1, -0.05) is 6.92 Å². The summed E-state index contributed by atoms with van der Waals surface area (Å²) in [5, 5.41) is 20.1. The summed E-state index contributed by atoms with van der Waals surface area (Å²) in [4.78, 5) is 23.7. The summed E-state index contributed by atoms with van der Waals surface area (Å²) < 4.78 is 0. The van der Waals surface area contributed by atoms with Crippen molar-refractivity contribution in [2.45, 2.75) is 31.9 Å². The van der Waals surface area contributed by atoms with E-state index in [4.69, 9.17) is 10.2 Å². The molecule has 0 rings (SSSR count). The monoisotopic (exact) mass is 278 g/mol. The molecular weight excluding hydrogens is 256 g/mol. The van der Waals surface area contributed by atoms with Crippen LogP contribution in [0.25, 0.3) is 0 Å². The Morgan fingerprint density at radius 1 is 1.44 bits per heavy atom. The van der Waals surface area contributed by atoms with Gasteiger partial charge in [0.1, 0.15) is 0 Å². The van der Waals surface area contributed by atoms with Crippen LogP contribution < -0.4 is 5.32 Å². The Morgan fingerprint density at radius 3 is 2.50 bits per heavy atom. The molecule has 0 bridgehead atoms. The van der Waals surface area contributed by atoms with Gasteiger partial charge in [0.05, 0.1) is 0 Å². The van der Waals surface area contributed by atoms with Gasteiger partial charge in [0.15, 0.2) is 6.10 Å². The average Bonchev–Trinajstić information content (AvgIpc) is 2.34. The van der Waals surface area contributed by atoms with Gasteiger partial charge in [0.2, 0.25) is 0 Å². The highest BCUT2D eigenvalue weighted by molar-refractivity contribution is 7.98. The first kappa shape index (κ1) is 17.1. The number of carboxylic acid groups (broad SMARTS) is 1. The first-order valence-electron chi connectivity index (χ1n) is 5.84. The van der Waals surface area contributed by atoms with E-state index in [0.717, 1.165) is 12.2 Å². The Bertz CT molecular complexity index is 276. The molecule has 3 N–H and O–H groups in total. The van der Waals surface area contributed by atoms with Crippen molar-refractivity contribution >= 4 is 23.8 Å². The summed E-state index contributed by atoms with van der Waals surface area (Å²) >= 11 is 1.67. The molecule has 18 heavy (non-hydrogen) atoms. The van der Waals surface area contributed by atoms with Crippen molar-refractivity contribution in [2.75, 3.05) is 25.6 Å². The third-order valence-electron chi connectivity index (χ3n) is 2.68. The molecule has 0 saturated heterocycles. The summed E-state index contributed by atoms with van der Waals surface area (Å²) in [6.07, 6.45) is 1.43. The van der Waals surface area contributed by atoms with Crippen molar-refractivity contribution in [2.24, 2.45) is 0 Å². The van der Waals surface area contributed by atoms with E-state index in [-0.39, 0.29) is 25.0 Å². The van der Waals surface area contributed by atoms with Crippen LogP contribution in [-0.2, 0) is 4.79 Å². The maximum absolute atomic E-state index is 11.7. The average molecular weight is 278 g/mol. The lowest BCUT2D eigenvalue weighted by Gasteiger charge is -2.27. The lowest BCUT2D eigenvalue weighted by atomic mass is 10.2. The van der Waals surface area contributed by atoms with Crippen molar-refractivity contribution < 1.29 is 19.8 Å². The predicted molar refractivity (Wildman–Crippen MR) is 71.9 cm³/mol. The van der Waals surface area contributed by atoms with E-state index in [9.17, 15) is 9.59 Å². The molecule has 0 aliphatic carbocycles. The number of carboxylic acids is 1. The largest absolute Gasteiger partial charge is 0.479 e. The first-order valence-corrected chi connectivity index (χ1v) is 7.23. The number of hydrogen-bond acceptors (Lipinski definition) is 4. The Morgan fingerprint density at radius 2 is 2.06 bits per heavy atom. The van der Waals surface area contributed by atoms with Gasteiger partial charge in [-0.05, 0) is 12.7 Å². The number of carbonyl (C=O) groups excluding carboxylic acids is 1. The summed E-state index contributed by atoms with van der Waals surface area (Å²) in [5.41, 5.74) is 0. The van der Waals surface area contributed by atoms with Gasteiger partial charge in [-0.3, -0.25) is 0 Å². The lowest BCUT2D eigenvalue weighted by Crippen LogP contribution is -2.45. The van der Waals surface area contributed by atoms with E-state index in [1.807, 2.05) is 13.2 Å². The molecule has 0 spiro atoms. The number of hydrogen-bond donors (Lipinski definition) is 3. The van der Waals surface area contributed by atoms with E-state index in [0.29, 0.717) is 0 Å². The maximum atomic E-state index is 11.7. The number of nitrogens with one attached hydrogen (secondary N) is 1. The molecule has 0 aliphatic rings. The molecular formula is C11H22N2O4S. The molecule has 0 fully saturated rings. The Kier molecular flexibility index (Phi) is 8.57. The number of thioether (sulfide) groups is 1. The second-order valence-corrected chi connectivity index (χ2v) is 4.91. The molecule has 0 aromatic rings. The highest BCUT2D eigenvalue weighted by Crippen LogP contribution is 2.08. The van der Waals surface area contributed by atoms with Crippen LogP contribution in [0, 0.1) is 0 Å². The van der Waals surface area contributed by atoms with E-state index >= 15 is 0 Å². The van der Waals surface area contributed by atoms with Crippen LogP contribution in [0.5, 0.6) is 0 Å². The number of amides is 2. The van der Waals surface area contributed by atoms with Gasteiger partial charge < -0.3 is 20.4 Å². The minimum atomic E-state index is -1.43. The molecule has 6 nitrogen and oxygen atoms in total. The molecule has 0 radical (unpaired) electrons. The highest BCUT2D eigenvalue weighted by Gasteiger charge is 2.18. The van der Waals surface area contributed by atoms with Gasteiger partial charge in [0.25, 0.3) is 0 Å².